The summed E-state index contributed by atoms with van der Waals surface area (Å²) >= 11 is 1.93. The highest BCUT2D eigenvalue weighted by molar-refractivity contribution is 7.99. The SMILES string of the molecule is CCC1C(=O)N2CC(SCCN)CC12. The maximum absolute atomic E-state index is 11.6. The number of thioether (sulfide) groups is 1. The zero-order valence-corrected chi connectivity index (χ0v) is 9.43. The van der Waals surface area contributed by atoms with E-state index in [9.17, 15) is 4.79 Å². The summed E-state index contributed by atoms with van der Waals surface area (Å²) in [5.74, 6) is 1.74. The lowest BCUT2D eigenvalue weighted by atomic mass is 9.86. The van der Waals surface area contributed by atoms with Crippen molar-refractivity contribution in [3.05, 3.63) is 0 Å². The Balaban J connectivity index is 1.85. The fraction of sp³-hybridized carbons (Fsp3) is 0.900. The van der Waals surface area contributed by atoms with Crippen molar-refractivity contribution in [1.82, 2.24) is 4.90 Å². The molecule has 2 saturated heterocycles. The highest BCUT2D eigenvalue weighted by Gasteiger charge is 2.51. The molecule has 0 aromatic heterocycles. The molecule has 2 fully saturated rings. The molecule has 0 bridgehead atoms. The largest absolute Gasteiger partial charge is 0.337 e. The Hall–Kier alpha value is -0.220. The molecule has 3 nitrogen and oxygen atoms in total. The molecule has 0 spiro atoms. The summed E-state index contributed by atoms with van der Waals surface area (Å²) in [5.41, 5.74) is 5.47. The number of fused-ring (bicyclic) bond motifs is 1. The number of rotatable bonds is 4. The molecular weight excluding hydrogens is 196 g/mol. The summed E-state index contributed by atoms with van der Waals surface area (Å²) in [6.07, 6.45) is 2.20. The first-order chi connectivity index (χ1) is 6.77. The summed E-state index contributed by atoms with van der Waals surface area (Å²) < 4.78 is 0. The van der Waals surface area contributed by atoms with Gasteiger partial charge in [0.1, 0.15) is 0 Å². The lowest BCUT2D eigenvalue weighted by molar-refractivity contribution is -0.152. The number of nitrogens with zero attached hydrogens (tertiary/aromatic N) is 1. The smallest absolute Gasteiger partial charge is 0.228 e. The number of nitrogens with two attached hydrogens (primary N) is 1. The van der Waals surface area contributed by atoms with E-state index in [1.807, 2.05) is 11.8 Å². The zero-order chi connectivity index (χ0) is 10.1. The first-order valence-corrected chi connectivity index (χ1v) is 6.45. The second-order valence-electron chi connectivity index (χ2n) is 4.09. The molecule has 0 aromatic rings. The van der Waals surface area contributed by atoms with Gasteiger partial charge in [0.05, 0.1) is 5.92 Å². The average molecular weight is 214 g/mol. The predicted octanol–water partition coefficient (Wildman–Crippen LogP) is 0.688. The van der Waals surface area contributed by atoms with Crippen molar-refractivity contribution in [2.45, 2.75) is 31.1 Å². The lowest BCUT2D eigenvalue weighted by Gasteiger charge is -2.42. The van der Waals surface area contributed by atoms with E-state index in [-0.39, 0.29) is 0 Å². The molecule has 1 amide bonds. The van der Waals surface area contributed by atoms with Gasteiger partial charge in [-0.1, -0.05) is 6.92 Å². The third kappa shape index (κ3) is 1.54. The Bertz CT molecular complexity index is 234. The second-order valence-corrected chi connectivity index (χ2v) is 5.50. The molecule has 2 aliphatic rings. The van der Waals surface area contributed by atoms with Gasteiger partial charge < -0.3 is 10.6 Å². The summed E-state index contributed by atoms with van der Waals surface area (Å²) in [5, 5.41) is 0.643. The number of hydrogen-bond donors (Lipinski definition) is 1. The molecule has 3 atom stereocenters. The van der Waals surface area contributed by atoms with E-state index in [1.54, 1.807) is 0 Å². The standard InChI is InChI=1S/C10H18N2OS/c1-2-8-9-5-7(14-4-3-11)6-12(9)10(8)13/h7-9H,2-6,11H2,1H3. The molecule has 3 unspecified atom stereocenters. The summed E-state index contributed by atoms with van der Waals surface area (Å²) in [6, 6.07) is 0.558. The highest BCUT2D eigenvalue weighted by atomic mass is 32.2. The fourth-order valence-electron chi connectivity index (χ4n) is 2.56. The van der Waals surface area contributed by atoms with E-state index in [1.165, 1.54) is 6.42 Å². The highest BCUT2D eigenvalue weighted by Crippen LogP contribution is 2.40. The number of hydrogen-bond acceptors (Lipinski definition) is 3. The first-order valence-electron chi connectivity index (χ1n) is 5.40. The number of carbonyl (C=O) groups is 1. The molecule has 2 heterocycles. The number of carbonyl (C=O) groups excluding carboxylic acids is 1. The van der Waals surface area contributed by atoms with Gasteiger partial charge in [-0.2, -0.15) is 11.8 Å². The van der Waals surface area contributed by atoms with Gasteiger partial charge in [0.2, 0.25) is 5.91 Å². The maximum Gasteiger partial charge on any atom is 0.228 e. The van der Waals surface area contributed by atoms with Crippen LogP contribution in [0.4, 0.5) is 0 Å². The second kappa shape index (κ2) is 4.11. The normalized spacial score (nSPS) is 35.7. The molecule has 0 aromatic carbocycles. The van der Waals surface area contributed by atoms with Crippen LogP contribution in [-0.2, 0) is 4.79 Å². The molecule has 0 saturated carbocycles. The summed E-state index contributed by atoms with van der Waals surface area (Å²) in [6.45, 7) is 3.82. The van der Waals surface area contributed by atoms with Gasteiger partial charge >= 0.3 is 0 Å². The maximum atomic E-state index is 11.6. The summed E-state index contributed by atoms with van der Waals surface area (Å²) in [4.78, 5) is 13.6. The minimum absolute atomic E-state index is 0.332. The molecule has 2 rings (SSSR count). The lowest BCUT2D eigenvalue weighted by Crippen LogP contribution is -2.56. The number of β-lactam (4-membered cyclic amide) rings is 1. The monoisotopic (exact) mass is 214 g/mol. The number of amides is 1. The molecule has 4 heteroatoms. The molecule has 2 N–H and O–H groups in total. The third-order valence-electron chi connectivity index (χ3n) is 3.28. The topological polar surface area (TPSA) is 46.3 Å². The minimum Gasteiger partial charge on any atom is -0.337 e. The van der Waals surface area contributed by atoms with Crippen molar-refractivity contribution in [3.8, 4) is 0 Å². The Morgan fingerprint density at radius 2 is 2.43 bits per heavy atom. The van der Waals surface area contributed by atoms with Crippen LogP contribution in [0.5, 0.6) is 0 Å². The van der Waals surface area contributed by atoms with Crippen LogP contribution < -0.4 is 5.73 Å². The molecular formula is C10H18N2OS. The minimum atomic E-state index is 0.332. The Kier molecular flexibility index (Phi) is 3.02. The summed E-state index contributed by atoms with van der Waals surface area (Å²) in [7, 11) is 0. The van der Waals surface area contributed by atoms with Gasteiger partial charge in [0.25, 0.3) is 0 Å². The molecule has 14 heavy (non-hydrogen) atoms. The van der Waals surface area contributed by atoms with Gasteiger partial charge in [-0.25, -0.2) is 0 Å². The van der Waals surface area contributed by atoms with Crippen molar-refractivity contribution in [2.24, 2.45) is 11.7 Å². The average Bonchev–Trinajstić information content (AvgIpc) is 2.55. The molecule has 2 aliphatic heterocycles. The predicted molar refractivity (Wildman–Crippen MR) is 59.2 cm³/mol. The van der Waals surface area contributed by atoms with E-state index in [0.717, 1.165) is 25.3 Å². The third-order valence-corrected chi connectivity index (χ3v) is 4.57. The van der Waals surface area contributed by atoms with E-state index in [0.29, 0.717) is 23.1 Å². The van der Waals surface area contributed by atoms with Crippen LogP contribution in [0.25, 0.3) is 0 Å². The van der Waals surface area contributed by atoms with Gasteiger partial charge in [-0.3, -0.25) is 4.79 Å². The van der Waals surface area contributed by atoms with E-state index in [2.05, 4.69) is 11.8 Å². The Morgan fingerprint density at radius 1 is 1.64 bits per heavy atom. The Morgan fingerprint density at radius 3 is 3.07 bits per heavy atom. The van der Waals surface area contributed by atoms with Crippen molar-refractivity contribution >= 4 is 17.7 Å². The van der Waals surface area contributed by atoms with Crippen molar-refractivity contribution in [3.63, 3.8) is 0 Å². The Labute approximate surface area is 89.4 Å². The van der Waals surface area contributed by atoms with Crippen LogP contribution in [0.15, 0.2) is 0 Å². The van der Waals surface area contributed by atoms with Gasteiger partial charge in [-0.05, 0) is 12.8 Å². The van der Waals surface area contributed by atoms with Gasteiger partial charge in [-0.15, -0.1) is 0 Å². The van der Waals surface area contributed by atoms with Crippen LogP contribution >= 0.6 is 11.8 Å². The zero-order valence-electron chi connectivity index (χ0n) is 8.61. The van der Waals surface area contributed by atoms with Crippen molar-refractivity contribution in [1.29, 1.82) is 0 Å². The van der Waals surface area contributed by atoms with Crippen molar-refractivity contribution < 1.29 is 4.79 Å². The molecule has 0 radical (unpaired) electrons. The van der Waals surface area contributed by atoms with Crippen LogP contribution in [0.1, 0.15) is 19.8 Å². The van der Waals surface area contributed by atoms with E-state index in [4.69, 9.17) is 5.73 Å². The van der Waals surface area contributed by atoms with E-state index >= 15 is 0 Å². The van der Waals surface area contributed by atoms with Crippen LogP contribution in [-0.4, -0.2) is 40.9 Å². The van der Waals surface area contributed by atoms with Crippen LogP contribution in [0, 0.1) is 5.92 Å². The van der Waals surface area contributed by atoms with Crippen LogP contribution in [0.3, 0.4) is 0 Å². The molecule has 80 valence electrons. The first kappa shape index (κ1) is 10.3. The van der Waals surface area contributed by atoms with Gasteiger partial charge in [0.15, 0.2) is 0 Å². The molecule has 0 aliphatic carbocycles. The van der Waals surface area contributed by atoms with E-state index < -0.39 is 0 Å². The van der Waals surface area contributed by atoms with Crippen molar-refractivity contribution in [2.75, 3.05) is 18.8 Å². The fourth-order valence-corrected chi connectivity index (χ4v) is 3.63. The van der Waals surface area contributed by atoms with Gasteiger partial charge in [0, 0.05) is 30.1 Å². The quantitative estimate of drug-likeness (QED) is 0.700. The van der Waals surface area contributed by atoms with Crippen LogP contribution in [0.2, 0.25) is 0 Å².